The second-order valence-electron chi connectivity index (χ2n) is 12.0. The summed E-state index contributed by atoms with van der Waals surface area (Å²) < 4.78 is 8.19. The largest absolute Gasteiger partial charge is 0.467 e. The van der Waals surface area contributed by atoms with Gasteiger partial charge in [-0.2, -0.15) is 44.7 Å². The lowest BCUT2D eigenvalue weighted by Crippen LogP contribution is -2.16. The normalized spacial score (nSPS) is 12.4. The molecule has 0 radical (unpaired) electrons. The summed E-state index contributed by atoms with van der Waals surface area (Å²) in [6.07, 6.45) is 0. The van der Waals surface area contributed by atoms with Crippen LogP contribution in [0.4, 0.5) is 34.4 Å². The van der Waals surface area contributed by atoms with Crippen LogP contribution in [0.5, 0.6) is 6.01 Å². The van der Waals surface area contributed by atoms with Crippen molar-refractivity contribution in [2.75, 3.05) is 18.6 Å². The Labute approximate surface area is 255 Å². The molecule has 226 valence electrons. The molecule has 0 aliphatic rings. The van der Waals surface area contributed by atoms with Gasteiger partial charge in [-0.15, -0.1) is 10.2 Å². The standard InChI is InChI=1S/C30H35N13O/c1-29(2,3)22-20(38-36-18-14-10-8-11-15-18)24(31)42(40-22)26-33-27(35-28(34-26)44-7)43-25(32)21(23(41-43)30(4,5)6)39-37-19-16-12-9-13-17-19/h8-17H,31-32H2,1-7H3. The van der Waals surface area contributed by atoms with Crippen LogP contribution < -0.4 is 16.2 Å². The van der Waals surface area contributed by atoms with Gasteiger partial charge in [0.25, 0.3) is 11.9 Å². The fourth-order valence-corrected chi connectivity index (χ4v) is 4.18. The zero-order valence-electron chi connectivity index (χ0n) is 25.8. The Bertz CT molecular complexity index is 1700. The minimum Gasteiger partial charge on any atom is -0.467 e. The molecular weight excluding hydrogens is 558 g/mol. The predicted octanol–water partition coefficient (Wildman–Crippen LogP) is 6.84. The van der Waals surface area contributed by atoms with Gasteiger partial charge in [0.2, 0.25) is 0 Å². The molecule has 5 rings (SSSR count). The molecule has 0 aliphatic carbocycles. The smallest absolute Gasteiger partial charge is 0.322 e. The molecule has 0 aliphatic heterocycles. The number of ether oxygens (including phenoxy) is 1. The van der Waals surface area contributed by atoms with Gasteiger partial charge < -0.3 is 16.2 Å². The van der Waals surface area contributed by atoms with Crippen LogP contribution in [-0.2, 0) is 10.8 Å². The number of hydrogen-bond acceptors (Lipinski definition) is 12. The van der Waals surface area contributed by atoms with E-state index >= 15 is 0 Å². The molecule has 14 heteroatoms. The molecule has 3 aromatic heterocycles. The van der Waals surface area contributed by atoms with Gasteiger partial charge in [0, 0.05) is 10.8 Å². The SMILES string of the molecule is COc1nc(-n2nc(C(C)(C)C)c(N=Nc3ccccc3)c2N)nc(-n2nc(C(C)(C)C)c(N=Nc3ccccc3)c2N)n1. The average molecular weight is 594 g/mol. The summed E-state index contributed by atoms with van der Waals surface area (Å²) in [5.74, 6) is 0.538. The van der Waals surface area contributed by atoms with Gasteiger partial charge in [-0.25, -0.2) is 0 Å². The lowest BCUT2D eigenvalue weighted by molar-refractivity contribution is 0.375. The molecule has 14 nitrogen and oxygen atoms in total. The first-order chi connectivity index (χ1) is 20.9. The first kappa shape index (κ1) is 29.9. The van der Waals surface area contributed by atoms with Crippen LogP contribution in [0.1, 0.15) is 52.9 Å². The van der Waals surface area contributed by atoms with E-state index in [0.29, 0.717) is 34.1 Å². The van der Waals surface area contributed by atoms with Crippen molar-refractivity contribution in [1.82, 2.24) is 34.5 Å². The molecule has 0 amide bonds. The lowest BCUT2D eigenvalue weighted by Gasteiger charge is -2.15. The van der Waals surface area contributed by atoms with Crippen LogP contribution >= 0.6 is 0 Å². The summed E-state index contributed by atoms with van der Waals surface area (Å²) in [7, 11) is 1.45. The fraction of sp³-hybridized carbons (Fsp3) is 0.300. The van der Waals surface area contributed by atoms with Crippen molar-refractivity contribution >= 4 is 34.4 Å². The number of nitrogen functional groups attached to an aromatic ring is 2. The molecule has 0 unspecified atom stereocenters. The highest BCUT2D eigenvalue weighted by molar-refractivity contribution is 5.66. The van der Waals surface area contributed by atoms with Crippen LogP contribution in [0.2, 0.25) is 0 Å². The van der Waals surface area contributed by atoms with Gasteiger partial charge in [-0.3, -0.25) is 0 Å². The van der Waals surface area contributed by atoms with Crippen molar-refractivity contribution in [1.29, 1.82) is 0 Å². The summed E-state index contributed by atoms with van der Waals surface area (Å²) >= 11 is 0. The molecule has 0 saturated heterocycles. The minimum absolute atomic E-state index is 0.00402. The van der Waals surface area contributed by atoms with Gasteiger partial charge >= 0.3 is 6.01 Å². The highest BCUT2D eigenvalue weighted by atomic mass is 16.5. The third kappa shape index (κ3) is 6.14. The van der Waals surface area contributed by atoms with Crippen LogP contribution in [0, 0.1) is 0 Å². The Morgan fingerprint density at radius 1 is 0.591 bits per heavy atom. The van der Waals surface area contributed by atoms with E-state index in [1.54, 1.807) is 0 Å². The Kier molecular flexibility index (Phi) is 7.91. The number of azo groups is 2. The summed E-state index contributed by atoms with van der Waals surface area (Å²) in [5, 5.41) is 27.2. The number of aromatic nitrogens is 7. The van der Waals surface area contributed by atoms with Crippen LogP contribution in [0.25, 0.3) is 11.9 Å². The predicted molar refractivity (Wildman–Crippen MR) is 168 cm³/mol. The topological polar surface area (TPSA) is 185 Å². The number of nitrogens with zero attached hydrogens (tertiary/aromatic N) is 11. The Balaban J connectivity index is 1.65. The van der Waals surface area contributed by atoms with Crippen LogP contribution in [0.3, 0.4) is 0 Å². The molecular formula is C30H35N13O. The van der Waals surface area contributed by atoms with E-state index in [-0.39, 0.29) is 29.5 Å². The summed E-state index contributed by atoms with van der Waals surface area (Å²) in [6, 6.07) is 18.7. The third-order valence-corrected chi connectivity index (χ3v) is 6.41. The fourth-order valence-electron chi connectivity index (χ4n) is 4.18. The van der Waals surface area contributed by atoms with Crippen molar-refractivity contribution < 1.29 is 4.74 Å². The van der Waals surface area contributed by atoms with E-state index in [1.165, 1.54) is 16.5 Å². The first-order valence-electron chi connectivity index (χ1n) is 13.9. The number of hydrogen-bond donors (Lipinski definition) is 2. The van der Waals surface area contributed by atoms with Crippen molar-refractivity contribution in [3.05, 3.63) is 72.1 Å². The average Bonchev–Trinajstić information content (AvgIpc) is 3.52. The maximum Gasteiger partial charge on any atom is 0.322 e. The molecule has 0 atom stereocenters. The van der Waals surface area contributed by atoms with E-state index in [0.717, 1.165) is 0 Å². The number of benzene rings is 2. The summed E-state index contributed by atoms with van der Waals surface area (Å²) in [5.41, 5.74) is 15.7. The van der Waals surface area contributed by atoms with Crippen LogP contribution in [0.15, 0.2) is 81.1 Å². The molecule has 4 N–H and O–H groups in total. The van der Waals surface area contributed by atoms with Gasteiger partial charge in [-0.05, 0) is 24.3 Å². The molecule has 0 saturated carbocycles. The van der Waals surface area contributed by atoms with Gasteiger partial charge in [0.1, 0.15) is 0 Å². The van der Waals surface area contributed by atoms with Crippen molar-refractivity contribution in [2.24, 2.45) is 20.5 Å². The number of nitrogens with two attached hydrogens (primary N) is 2. The Hall–Kier alpha value is -5.53. The molecule has 2 aromatic carbocycles. The van der Waals surface area contributed by atoms with Crippen molar-refractivity contribution in [2.45, 2.75) is 52.4 Å². The van der Waals surface area contributed by atoms with Crippen molar-refractivity contribution in [3.8, 4) is 17.9 Å². The highest BCUT2D eigenvalue weighted by Gasteiger charge is 2.30. The van der Waals surface area contributed by atoms with Gasteiger partial charge in [0.05, 0.1) is 29.9 Å². The Morgan fingerprint density at radius 3 is 1.32 bits per heavy atom. The number of rotatable bonds is 7. The highest BCUT2D eigenvalue weighted by Crippen LogP contribution is 2.39. The van der Waals surface area contributed by atoms with E-state index in [2.05, 4.69) is 35.4 Å². The summed E-state index contributed by atoms with van der Waals surface area (Å²) in [4.78, 5) is 13.5. The maximum atomic E-state index is 6.62. The zero-order valence-corrected chi connectivity index (χ0v) is 25.8. The first-order valence-corrected chi connectivity index (χ1v) is 13.9. The maximum absolute atomic E-state index is 6.62. The monoisotopic (exact) mass is 593 g/mol. The Morgan fingerprint density at radius 2 is 0.977 bits per heavy atom. The second kappa shape index (κ2) is 11.6. The lowest BCUT2D eigenvalue weighted by atomic mass is 9.91. The van der Waals surface area contributed by atoms with E-state index in [9.17, 15) is 0 Å². The molecule has 5 aromatic rings. The minimum atomic E-state index is -0.433. The molecule has 44 heavy (non-hydrogen) atoms. The van der Waals surface area contributed by atoms with E-state index < -0.39 is 10.8 Å². The number of methoxy groups -OCH3 is 1. The van der Waals surface area contributed by atoms with Crippen LogP contribution in [-0.4, -0.2) is 41.6 Å². The molecule has 0 bridgehead atoms. The quantitative estimate of drug-likeness (QED) is 0.192. The molecule has 0 spiro atoms. The van der Waals surface area contributed by atoms with Gasteiger partial charge in [0.15, 0.2) is 23.0 Å². The molecule has 0 fully saturated rings. The third-order valence-electron chi connectivity index (χ3n) is 6.41. The van der Waals surface area contributed by atoms with Crippen molar-refractivity contribution in [3.63, 3.8) is 0 Å². The zero-order chi connectivity index (χ0) is 31.6. The molecule has 3 heterocycles. The number of anilines is 2. The van der Waals surface area contributed by atoms with Gasteiger partial charge in [-0.1, -0.05) is 77.9 Å². The second-order valence-corrected chi connectivity index (χ2v) is 12.0. The van der Waals surface area contributed by atoms with E-state index in [1.807, 2.05) is 102 Å². The van der Waals surface area contributed by atoms with E-state index in [4.69, 9.17) is 26.4 Å². The summed E-state index contributed by atoms with van der Waals surface area (Å²) in [6.45, 7) is 12.0.